The number of hydrogen-bond donors (Lipinski definition) is 0. The molecule has 0 atom stereocenters. The summed E-state index contributed by atoms with van der Waals surface area (Å²) in [6, 6.07) is 2.19. The SMILES string of the molecule is FC(F)(F)c1cc(Br)cc(Cl)c1Cl. The summed E-state index contributed by atoms with van der Waals surface area (Å²) in [5.41, 5.74) is -0.937. The monoisotopic (exact) mass is 292 g/mol. The number of hydrogen-bond acceptors (Lipinski definition) is 0. The molecule has 1 aromatic carbocycles. The van der Waals surface area contributed by atoms with E-state index in [0.29, 0.717) is 0 Å². The third kappa shape index (κ3) is 2.51. The predicted octanol–water partition coefficient (Wildman–Crippen LogP) is 4.77. The van der Waals surface area contributed by atoms with Gasteiger partial charge in [-0.2, -0.15) is 13.2 Å². The van der Waals surface area contributed by atoms with Gasteiger partial charge in [0.1, 0.15) is 0 Å². The molecule has 0 amide bonds. The fourth-order valence-electron chi connectivity index (χ4n) is 0.762. The molecule has 13 heavy (non-hydrogen) atoms. The molecule has 0 aliphatic carbocycles. The number of alkyl halides is 3. The first kappa shape index (κ1) is 11.1. The minimum Gasteiger partial charge on any atom is -0.166 e. The number of halogens is 6. The molecule has 0 saturated carbocycles. The Kier molecular flexibility index (Phi) is 3.15. The average Bonchev–Trinajstić information content (AvgIpc) is 1.94. The summed E-state index contributed by atoms with van der Waals surface area (Å²) >= 11 is 13.7. The van der Waals surface area contributed by atoms with Gasteiger partial charge >= 0.3 is 6.18 Å². The lowest BCUT2D eigenvalue weighted by Crippen LogP contribution is -2.05. The van der Waals surface area contributed by atoms with Crippen LogP contribution in [-0.2, 0) is 6.18 Å². The zero-order chi connectivity index (χ0) is 10.2. The molecule has 0 nitrogen and oxygen atoms in total. The third-order valence-corrected chi connectivity index (χ3v) is 2.56. The zero-order valence-electron chi connectivity index (χ0n) is 5.92. The Bertz CT molecular complexity index is 335. The molecule has 0 aliphatic heterocycles. The zero-order valence-corrected chi connectivity index (χ0v) is 9.02. The highest BCUT2D eigenvalue weighted by molar-refractivity contribution is 9.10. The molecule has 6 heteroatoms. The van der Waals surface area contributed by atoms with Crippen molar-refractivity contribution < 1.29 is 13.2 Å². The van der Waals surface area contributed by atoms with Crippen molar-refractivity contribution in [3.63, 3.8) is 0 Å². The molecule has 0 spiro atoms. The van der Waals surface area contributed by atoms with Gasteiger partial charge in [0.2, 0.25) is 0 Å². The molecular weight excluding hydrogens is 292 g/mol. The average molecular weight is 294 g/mol. The Hall–Kier alpha value is 0.0700. The van der Waals surface area contributed by atoms with E-state index < -0.39 is 16.8 Å². The van der Waals surface area contributed by atoms with Crippen molar-refractivity contribution in [3.8, 4) is 0 Å². The molecule has 0 saturated heterocycles. The maximum absolute atomic E-state index is 12.2. The van der Waals surface area contributed by atoms with E-state index in [1.807, 2.05) is 0 Å². The van der Waals surface area contributed by atoms with E-state index in [0.717, 1.165) is 6.07 Å². The van der Waals surface area contributed by atoms with E-state index >= 15 is 0 Å². The third-order valence-electron chi connectivity index (χ3n) is 1.30. The van der Waals surface area contributed by atoms with E-state index in [-0.39, 0.29) is 9.50 Å². The second-order valence-electron chi connectivity index (χ2n) is 2.25. The first-order chi connectivity index (χ1) is 5.82. The first-order valence-electron chi connectivity index (χ1n) is 3.04. The molecular formula is C7H2BrCl2F3. The van der Waals surface area contributed by atoms with Gasteiger partial charge in [-0.15, -0.1) is 0 Å². The van der Waals surface area contributed by atoms with Gasteiger partial charge in [-0.1, -0.05) is 39.1 Å². The molecule has 72 valence electrons. The summed E-state index contributed by atoms with van der Waals surface area (Å²) < 4.78 is 37.0. The van der Waals surface area contributed by atoms with E-state index in [4.69, 9.17) is 23.2 Å². The lowest BCUT2D eigenvalue weighted by molar-refractivity contribution is -0.137. The van der Waals surface area contributed by atoms with Gasteiger partial charge in [0, 0.05) is 4.47 Å². The highest BCUT2D eigenvalue weighted by atomic mass is 79.9. The molecule has 0 unspecified atom stereocenters. The Balaban J connectivity index is 3.37. The van der Waals surface area contributed by atoms with E-state index in [1.165, 1.54) is 6.07 Å². The highest BCUT2D eigenvalue weighted by Gasteiger charge is 2.34. The normalized spacial score (nSPS) is 11.8. The summed E-state index contributed by atoms with van der Waals surface area (Å²) in [7, 11) is 0. The molecule has 0 aromatic heterocycles. The molecule has 1 aromatic rings. The van der Waals surface area contributed by atoms with Crippen molar-refractivity contribution >= 4 is 39.1 Å². The van der Waals surface area contributed by atoms with Crippen molar-refractivity contribution in [3.05, 3.63) is 32.2 Å². The van der Waals surface area contributed by atoms with Gasteiger partial charge in [0.15, 0.2) is 0 Å². The number of rotatable bonds is 0. The fraction of sp³-hybridized carbons (Fsp3) is 0.143. The van der Waals surface area contributed by atoms with E-state index in [2.05, 4.69) is 15.9 Å². The lowest BCUT2D eigenvalue weighted by atomic mass is 10.2. The molecule has 0 aliphatic rings. The van der Waals surface area contributed by atoms with Crippen LogP contribution in [0.2, 0.25) is 10.0 Å². The second-order valence-corrected chi connectivity index (χ2v) is 3.95. The van der Waals surface area contributed by atoms with Crippen LogP contribution in [0.25, 0.3) is 0 Å². The molecule has 0 fully saturated rings. The minimum absolute atomic E-state index is 0.122. The van der Waals surface area contributed by atoms with Crippen LogP contribution in [0, 0.1) is 0 Å². The van der Waals surface area contributed by atoms with Crippen LogP contribution in [0.5, 0.6) is 0 Å². The highest BCUT2D eigenvalue weighted by Crippen LogP contribution is 2.39. The Morgan fingerprint density at radius 1 is 1.15 bits per heavy atom. The van der Waals surface area contributed by atoms with Gasteiger partial charge in [0.05, 0.1) is 15.6 Å². The van der Waals surface area contributed by atoms with Crippen LogP contribution in [-0.4, -0.2) is 0 Å². The maximum Gasteiger partial charge on any atom is 0.417 e. The first-order valence-corrected chi connectivity index (χ1v) is 4.59. The second kappa shape index (κ2) is 3.67. The van der Waals surface area contributed by atoms with Gasteiger partial charge in [-0.05, 0) is 12.1 Å². The quantitative estimate of drug-likeness (QED) is 0.604. The van der Waals surface area contributed by atoms with Gasteiger partial charge in [0.25, 0.3) is 0 Å². The Morgan fingerprint density at radius 2 is 1.69 bits per heavy atom. The summed E-state index contributed by atoms with van der Waals surface area (Å²) in [4.78, 5) is 0. The van der Waals surface area contributed by atoms with Gasteiger partial charge in [-0.25, -0.2) is 0 Å². The predicted molar refractivity (Wildman–Crippen MR) is 49.2 cm³/mol. The molecule has 0 heterocycles. The van der Waals surface area contributed by atoms with Crippen molar-refractivity contribution in [1.29, 1.82) is 0 Å². The van der Waals surface area contributed by atoms with Crippen LogP contribution in [0.1, 0.15) is 5.56 Å². The van der Waals surface area contributed by atoms with E-state index in [9.17, 15) is 13.2 Å². The fourth-order valence-corrected chi connectivity index (χ4v) is 1.79. The summed E-state index contributed by atoms with van der Waals surface area (Å²) in [5, 5.41) is -0.597. The van der Waals surface area contributed by atoms with Crippen LogP contribution in [0.3, 0.4) is 0 Å². The number of benzene rings is 1. The molecule has 0 N–H and O–H groups in total. The van der Waals surface area contributed by atoms with E-state index in [1.54, 1.807) is 0 Å². The lowest BCUT2D eigenvalue weighted by Gasteiger charge is -2.10. The van der Waals surface area contributed by atoms with Crippen LogP contribution in [0.4, 0.5) is 13.2 Å². The summed E-state index contributed by atoms with van der Waals surface area (Å²) in [5.74, 6) is 0. The smallest absolute Gasteiger partial charge is 0.166 e. The van der Waals surface area contributed by atoms with Gasteiger partial charge < -0.3 is 0 Å². The van der Waals surface area contributed by atoms with Crippen LogP contribution in [0.15, 0.2) is 16.6 Å². The van der Waals surface area contributed by atoms with Gasteiger partial charge in [-0.3, -0.25) is 0 Å². The minimum atomic E-state index is -4.48. The summed E-state index contributed by atoms with van der Waals surface area (Å²) in [6.07, 6.45) is -4.48. The molecule has 0 radical (unpaired) electrons. The van der Waals surface area contributed by atoms with Crippen LogP contribution < -0.4 is 0 Å². The standard InChI is InChI=1S/C7H2BrCl2F3/c8-3-1-4(7(11,12)13)6(10)5(9)2-3/h1-2H. The van der Waals surface area contributed by atoms with Crippen molar-refractivity contribution in [2.75, 3.05) is 0 Å². The molecule has 0 bridgehead atoms. The Labute approximate surface area is 90.8 Å². The topological polar surface area (TPSA) is 0 Å². The summed E-state index contributed by atoms with van der Waals surface area (Å²) in [6.45, 7) is 0. The van der Waals surface area contributed by atoms with Crippen molar-refractivity contribution in [2.45, 2.75) is 6.18 Å². The molecule has 1 rings (SSSR count). The largest absolute Gasteiger partial charge is 0.417 e. The maximum atomic E-state index is 12.2. The van der Waals surface area contributed by atoms with Crippen molar-refractivity contribution in [2.24, 2.45) is 0 Å². The van der Waals surface area contributed by atoms with Crippen molar-refractivity contribution in [1.82, 2.24) is 0 Å². The Morgan fingerprint density at radius 3 is 2.15 bits per heavy atom. The van der Waals surface area contributed by atoms with Crippen LogP contribution >= 0.6 is 39.1 Å².